The highest BCUT2D eigenvalue weighted by molar-refractivity contribution is 7.09. The summed E-state index contributed by atoms with van der Waals surface area (Å²) in [7, 11) is 2.01. The zero-order valence-electron chi connectivity index (χ0n) is 8.42. The average molecular weight is 196 g/mol. The molecule has 1 aliphatic carbocycles. The van der Waals surface area contributed by atoms with Crippen molar-refractivity contribution in [3.8, 4) is 0 Å². The molecule has 1 saturated carbocycles. The molecular weight excluding hydrogens is 180 g/mol. The molecule has 0 unspecified atom stereocenters. The highest BCUT2D eigenvalue weighted by atomic mass is 32.1. The van der Waals surface area contributed by atoms with Crippen LogP contribution in [0.2, 0.25) is 0 Å². The molecule has 3 heteroatoms. The number of nitrogens with one attached hydrogen (secondary N) is 1. The van der Waals surface area contributed by atoms with Crippen molar-refractivity contribution in [1.82, 2.24) is 10.3 Å². The van der Waals surface area contributed by atoms with Crippen LogP contribution in [-0.2, 0) is 5.54 Å². The summed E-state index contributed by atoms with van der Waals surface area (Å²) in [6, 6.07) is 0. The molecule has 0 atom stereocenters. The van der Waals surface area contributed by atoms with Crippen LogP contribution in [0.3, 0.4) is 0 Å². The first kappa shape index (κ1) is 9.16. The van der Waals surface area contributed by atoms with Gasteiger partial charge >= 0.3 is 0 Å². The van der Waals surface area contributed by atoms with Gasteiger partial charge in [0.25, 0.3) is 0 Å². The molecular formula is C10H16N2S. The maximum atomic E-state index is 4.47. The van der Waals surface area contributed by atoms with Crippen LogP contribution < -0.4 is 5.32 Å². The van der Waals surface area contributed by atoms with Crippen molar-refractivity contribution in [2.75, 3.05) is 7.05 Å². The molecule has 0 saturated heterocycles. The van der Waals surface area contributed by atoms with Crippen LogP contribution in [0, 0.1) is 0 Å². The van der Waals surface area contributed by atoms with Gasteiger partial charge in [0.1, 0.15) is 0 Å². The zero-order chi connectivity index (χ0) is 9.47. The van der Waals surface area contributed by atoms with E-state index in [1.54, 1.807) is 11.3 Å². The zero-order valence-corrected chi connectivity index (χ0v) is 9.24. The van der Waals surface area contributed by atoms with Gasteiger partial charge in [0.15, 0.2) is 0 Å². The lowest BCUT2D eigenvalue weighted by Gasteiger charge is -2.23. The smallest absolute Gasteiger partial charge is 0.0798 e. The third-order valence-corrected chi connectivity index (χ3v) is 3.92. The molecule has 0 bridgehead atoms. The molecule has 0 aliphatic heterocycles. The number of thiazole rings is 1. The fraction of sp³-hybridized carbons (Fsp3) is 0.700. The number of aromatic nitrogens is 1. The Labute approximate surface area is 83.4 Å². The van der Waals surface area contributed by atoms with E-state index in [1.807, 2.05) is 12.6 Å². The molecule has 1 aromatic heterocycles. The third-order valence-electron chi connectivity index (χ3n) is 2.75. The number of hydrogen-bond acceptors (Lipinski definition) is 3. The Morgan fingerprint density at radius 2 is 2.23 bits per heavy atom. The van der Waals surface area contributed by atoms with Crippen LogP contribution in [-0.4, -0.2) is 12.0 Å². The van der Waals surface area contributed by atoms with Crippen LogP contribution in [0.1, 0.15) is 43.2 Å². The Hall–Kier alpha value is -0.410. The third kappa shape index (κ3) is 1.63. The van der Waals surface area contributed by atoms with Gasteiger partial charge in [0, 0.05) is 16.3 Å². The molecule has 0 radical (unpaired) electrons. The monoisotopic (exact) mass is 196 g/mol. The lowest BCUT2D eigenvalue weighted by molar-refractivity contribution is 0.449. The summed E-state index contributed by atoms with van der Waals surface area (Å²) in [5.74, 6) is 0.758. The second-order valence-corrected chi connectivity index (χ2v) is 5.07. The number of rotatable bonds is 3. The molecule has 2 rings (SSSR count). The van der Waals surface area contributed by atoms with Crippen molar-refractivity contribution in [2.24, 2.45) is 0 Å². The second kappa shape index (κ2) is 3.07. The van der Waals surface area contributed by atoms with E-state index in [1.165, 1.54) is 23.4 Å². The van der Waals surface area contributed by atoms with Gasteiger partial charge in [-0.25, -0.2) is 4.98 Å². The van der Waals surface area contributed by atoms with E-state index in [4.69, 9.17) is 0 Å². The molecule has 0 aromatic carbocycles. The van der Waals surface area contributed by atoms with E-state index in [2.05, 4.69) is 24.1 Å². The normalized spacial score (nSPS) is 17.8. The van der Waals surface area contributed by atoms with Gasteiger partial charge in [0.05, 0.1) is 11.2 Å². The molecule has 1 N–H and O–H groups in total. The maximum Gasteiger partial charge on any atom is 0.0798 e. The van der Waals surface area contributed by atoms with Gasteiger partial charge in [-0.2, -0.15) is 0 Å². The van der Waals surface area contributed by atoms with Gasteiger partial charge in [-0.15, -0.1) is 11.3 Å². The molecule has 1 aromatic rings. The Kier molecular flexibility index (Phi) is 2.16. The highest BCUT2D eigenvalue weighted by Crippen LogP contribution is 2.44. The van der Waals surface area contributed by atoms with Gasteiger partial charge in [-0.3, -0.25) is 0 Å². The molecule has 0 spiro atoms. The summed E-state index contributed by atoms with van der Waals surface area (Å²) in [6.07, 6.45) is 2.66. The molecule has 2 nitrogen and oxygen atoms in total. The minimum Gasteiger partial charge on any atom is -0.310 e. The lowest BCUT2D eigenvalue weighted by atomic mass is 10.0. The first-order chi connectivity index (χ1) is 6.15. The van der Waals surface area contributed by atoms with Gasteiger partial charge < -0.3 is 5.32 Å². The van der Waals surface area contributed by atoms with Gasteiger partial charge in [-0.05, 0) is 33.7 Å². The highest BCUT2D eigenvalue weighted by Gasteiger charge is 2.33. The minimum absolute atomic E-state index is 0.0824. The standard InChI is InChI=1S/C10H16N2S/c1-10(2,11-3)9-8(7-4-5-7)12-6-13-9/h6-7,11H,4-5H2,1-3H3. The van der Waals surface area contributed by atoms with E-state index in [0.29, 0.717) is 0 Å². The Morgan fingerprint density at radius 3 is 2.77 bits per heavy atom. The predicted molar refractivity (Wildman–Crippen MR) is 56.2 cm³/mol. The van der Waals surface area contributed by atoms with Crippen molar-refractivity contribution in [3.05, 3.63) is 16.1 Å². The molecule has 1 aliphatic rings. The van der Waals surface area contributed by atoms with Crippen molar-refractivity contribution in [1.29, 1.82) is 0 Å². The van der Waals surface area contributed by atoms with Crippen LogP contribution >= 0.6 is 11.3 Å². The SMILES string of the molecule is CNC(C)(C)c1scnc1C1CC1. The summed E-state index contributed by atoms with van der Waals surface area (Å²) in [5, 5.41) is 3.34. The minimum atomic E-state index is 0.0824. The molecule has 1 heterocycles. The van der Waals surface area contributed by atoms with Gasteiger partial charge in [-0.1, -0.05) is 0 Å². The summed E-state index contributed by atoms with van der Waals surface area (Å²) >= 11 is 1.78. The van der Waals surface area contributed by atoms with Crippen LogP contribution in [0.5, 0.6) is 0 Å². The van der Waals surface area contributed by atoms with Crippen molar-refractivity contribution >= 4 is 11.3 Å². The van der Waals surface area contributed by atoms with Gasteiger partial charge in [0.2, 0.25) is 0 Å². The fourth-order valence-corrected chi connectivity index (χ4v) is 2.49. The summed E-state index contributed by atoms with van der Waals surface area (Å²) in [4.78, 5) is 5.89. The topological polar surface area (TPSA) is 24.9 Å². The van der Waals surface area contributed by atoms with Crippen LogP contribution in [0.4, 0.5) is 0 Å². The maximum absolute atomic E-state index is 4.47. The van der Waals surface area contributed by atoms with Crippen LogP contribution in [0.25, 0.3) is 0 Å². The number of hydrogen-bond donors (Lipinski definition) is 1. The van der Waals surface area contributed by atoms with Crippen molar-refractivity contribution in [3.63, 3.8) is 0 Å². The largest absolute Gasteiger partial charge is 0.310 e. The summed E-state index contributed by atoms with van der Waals surface area (Å²) in [5.41, 5.74) is 3.39. The molecule has 13 heavy (non-hydrogen) atoms. The van der Waals surface area contributed by atoms with Crippen molar-refractivity contribution < 1.29 is 0 Å². The Bertz CT molecular complexity index is 300. The number of nitrogens with zero attached hydrogens (tertiary/aromatic N) is 1. The second-order valence-electron chi connectivity index (χ2n) is 4.22. The summed E-state index contributed by atoms with van der Waals surface area (Å²) in [6.45, 7) is 4.43. The van der Waals surface area contributed by atoms with Crippen molar-refractivity contribution in [2.45, 2.75) is 38.1 Å². The first-order valence-corrected chi connectivity index (χ1v) is 5.66. The van der Waals surface area contributed by atoms with E-state index in [0.717, 1.165) is 5.92 Å². The molecule has 72 valence electrons. The summed E-state index contributed by atoms with van der Waals surface area (Å²) < 4.78 is 0. The lowest BCUT2D eigenvalue weighted by Crippen LogP contribution is -2.33. The van der Waals surface area contributed by atoms with Crippen LogP contribution in [0.15, 0.2) is 5.51 Å². The Morgan fingerprint density at radius 1 is 1.54 bits per heavy atom. The molecule has 1 fully saturated rings. The Balaban J connectivity index is 2.33. The van der Waals surface area contributed by atoms with E-state index in [9.17, 15) is 0 Å². The fourth-order valence-electron chi connectivity index (χ4n) is 1.48. The average Bonchev–Trinajstić information content (AvgIpc) is 2.83. The molecule has 0 amide bonds. The predicted octanol–water partition coefficient (Wildman–Crippen LogP) is 2.48. The van der Waals surface area contributed by atoms with E-state index in [-0.39, 0.29) is 5.54 Å². The van der Waals surface area contributed by atoms with E-state index < -0.39 is 0 Å². The first-order valence-electron chi connectivity index (χ1n) is 4.78. The van der Waals surface area contributed by atoms with E-state index >= 15 is 0 Å². The quantitative estimate of drug-likeness (QED) is 0.803.